The zero-order chi connectivity index (χ0) is 24.3. The largest absolute Gasteiger partial charge is 0.371 e. The Kier molecular flexibility index (Phi) is 6.79. The van der Waals surface area contributed by atoms with Gasteiger partial charge in [-0.25, -0.2) is 8.42 Å². The predicted molar refractivity (Wildman–Crippen MR) is 134 cm³/mol. The molecule has 0 bridgehead atoms. The third-order valence-electron chi connectivity index (χ3n) is 6.88. The topological polar surface area (TPSA) is 86.7 Å². The molecule has 2 aromatic heterocycles. The lowest BCUT2D eigenvalue weighted by molar-refractivity contribution is -0.137. The van der Waals surface area contributed by atoms with Gasteiger partial charge in [0.2, 0.25) is 15.9 Å². The van der Waals surface area contributed by atoms with Gasteiger partial charge in [-0.05, 0) is 49.2 Å². The van der Waals surface area contributed by atoms with Crippen LogP contribution in [0, 0.1) is 5.92 Å². The zero-order valence-electron chi connectivity index (χ0n) is 19.5. The van der Waals surface area contributed by atoms with E-state index in [9.17, 15) is 13.2 Å². The Labute approximate surface area is 206 Å². The second-order valence-corrected chi connectivity index (χ2v) is 10.9. The summed E-state index contributed by atoms with van der Waals surface area (Å²) in [5.41, 5.74) is 2.81. The number of rotatable bonds is 5. The number of aromatic nitrogens is 2. The summed E-state index contributed by atoms with van der Waals surface area (Å²) in [6, 6.07) is 16.5. The highest BCUT2D eigenvalue weighted by molar-refractivity contribution is 7.89. The van der Waals surface area contributed by atoms with Crippen molar-refractivity contribution in [2.45, 2.75) is 17.7 Å². The van der Waals surface area contributed by atoms with Gasteiger partial charge in [0.1, 0.15) is 0 Å². The van der Waals surface area contributed by atoms with Crippen LogP contribution in [0.25, 0.3) is 11.3 Å². The second kappa shape index (κ2) is 10.1. The van der Waals surface area contributed by atoms with Crippen LogP contribution >= 0.6 is 0 Å². The summed E-state index contributed by atoms with van der Waals surface area (Å²) in [7, 11) is -3.61. The molecule has 9 heteroatoms. The summed E-state index contributed by atoms with van der Waals surface area (Å²) in [6.45, 7) is 3.15. The van der Waals surface area contributed by atoms with Crippen molar-refractivity contribution in [2.75, 3.05) is 44.2 Å². The minimum atomic E-state index is -3.61. The molecule has 8 nitrogen and oxygen atoms in total. The molecule has 2 saturated heterocycles. The molecule has 2 aliphatic heterocycles. The van der Waals surface area contributed by atoms with E-state index in [0.717, 1.165) is 42.9 Å². The summed E-state index contributed by atoms with van der Waals surface area (Å²) in [4.78, 5) is 25.9. The number of carbonyl (C=O) groups excluding carboxylic acids is 1. The van der Waals surface area contributed by atoms with Crippen LogP contribution in [0.3, 0.4) is 0 Å². The number of piperidine rings is 1. The fraction of sp³-hybridized carbons (Fsp3) is 0.346. The standard InChI is InChI=1S/C26H29N5O3S/c32-26(22-10-15-29(16-11-22)23-8-13-27-14-9-23)30-17-19-31(20-18-30)35(33,34)24-6-4-21(5-7-24)25-3-1-2-12-28-25/h1-9,12-14,22H,10-11,15-20H2. The Morgan fingerprint density at radius 2 is 1.49 bits per heavy atom. The van der Waals surface area contributed by atoms with E-state index in [-0.39, 0.29) is 16.7 Å². The SMILES string of the molecule is O=C(C1CCN(c2ccncc2)CC1)N1CCN(S(=O)(=O)c2ccc(-c3ccccn3)cc2)CC1. The quantitative estimate of drug-likeness (QED) is 0.546. The van der Waals surface area contributed by atoms with Crippen LogP contribution in [0.4, 0.5) is 5.69 Å². The molecule has 0 radical (unpaired) electrons. The highest BCUT2D eigenvalue weighted by atomic mass is 32.2. The third kappa shape index (κ3) is 5.06. The predicted octanol–water partition coefficient (Wildman–Crippen LogP) is 2.89. The van der Waals surface area contributed by atoms with E-state index in [1.807, 2.05) is 35.2 Å². The van der Waals surface area contributed by atoms with Gasteiger partial charge in [0.15, 0.2) is 0 Å². The van der Waals surface area contributed by atoms with Gasteiger partial charge in [-0.3, -0.25) is 14.8 Å². The lowest BCUT2D eigenvalue weighted by Gasteiger charge is -2.38. The van der Waals surface area contributed by atoms with Gasteiger partial charge >= 0.3 is 0 Å². The monoisotopic (exact) mass is 491 g/mol. The lowest BCUT2D eigenvalue weighted by Crippen LogP contribution is -2.52. The molecule has 4 heterocycles. The highest BCUT2D eigenvalue weighted by Crippen LogP contribution is 2.26. The van der Waals surface area contributed by atoms with Crippen LogP contribution in [0.15, 0.2) is 78.1 Å². The second-order valence-electron chi connectivity index (χ2n) is 8.94. The number of hydrogen-bond donors (Lipinski definition) is 0. The first-order valence-electron chi connectivity index (χ1n) is 12.0. The summed E-state index contributed by atoms with van der Waals surface area (Å²) >= 11 is 0. The smallest absolute Gasteiger partial charge is 0.243 e. The van der Waals surface area contributed by atoms with E-state index in [0.29, 0.717) is 26.2 Å². The van der Waals surface area contributed by atoms with Crippen LogP contribution in [0.2, 0.25) is 0 Å². The number of piperazine rings is 1. The average Bonchev–Trinajstić information content (AvgIpc) is 2.94. The Hall–Kier alpha value is -3.30. The molecule has 35 heavy (non-hydrogen) atoms. The van der Waals surface area contributed by atoms with Crippen LogP contribution in [-0.2, 0) is 14.8 Å². The van der Waals surface area contributed by atoms with Gasteiger partial charge < -0.3 is 9.80 Å². The first-order chi connectivity index (χ1) is 17.0. The normalized spacial score (nSPS) is 17.9. The zero-order valence-corrected chi connectivity index (χ0v) is 20.3. The van der Waals surface area contributed by atoms with Gasteiger partial charge in [0, 0.05) is 75.0 Å². The number of amides is 1. The van der Waals surface area contributed by atoms with E-state index >= 15 is 0 Å². The van der Waals surface area contributed by atoms with Gasteiger partial charge in [-0.2, -0.15) is 4.31 Å². The molecule has 2 aliphatic rings. The van der Waals surface area contributed by atoms with Crippen molar-refractivity contribution in [1.82, 2.24) is 19.2 Å². The molecule has 0 saturated carbocycles. The maximum Gasteiger partial charge on any atom is 0.243 e. The molecular formula is C26H29N5O3S. The number of pyridine rings is 2. The van der Waals surface area contributed by atoms with Crippen molar-refractivity contribution in [3.63, 3.8) is 0 Å². The Balaban J connectivity index is 1.16. The van der Waals surface area contributed by atoms with Crippen molar-refractivity contribution < 1.29 is 13.2 Å². The number of carbonyl (C=O) groups is 1. The van der Waals surface area contributed by atoms with Crippen molar-refractivity contribution in [3.05, 3.63) is 73.2 Å². The number of anilines is 1. The van der Waals surface area contributed by atoms with Crippen molar-refractivity contribution in [2.24, 2.45) is 5.92 Å². The van der Waals surface area contributed by atoms with Crippen LogP contribution in [-0.4, -0.2) is 72.8 Å². The molecule has 182 valence electrons. The van der Waals surface area contributed by atoms with Crippen molar-refractivity contribution in [1.29, 1.82) is 0 Å². The lowest BCUT2D eigenvalue weighted by atomic mass is 9.94. The van der Waals surface area contributed by atoms with Crippen molar-refractivity contribution >= 4 is 21.6 Å². The minimum absolute atomic E-state index is 0.00427. The summed E-state index contributed by atoms with van der Waals surface area (Å²) in [6.07, 6.45) is 6.90. The van der Waals surface area contributed by atoms with Crippen LogP contribution < -0.4 is 4.90 Å². The average molecular weight is 492 g/mol. The Morgan fingerprint density at radius 1 is 0.800 bits per heavy atom. The molecule has 3 aromatic rings. The minimum Gasteiger partial charge on any atom is -0.371 e. The molecule has 0 N–H and O–H groups in total. The summed E-state index contributed by atoms with van der Waals surface area (Å²) < 4.78 is 27.8. The number of nitrogens with zero attached hydrogens (tertiary/aromatic N) is 5. The summed E-state index contributed by atoms with van der Waals surface area (Å²) in [5.74, 6) is 0.145. The maximum atomic E-state index is 13.2. The van der Waals surface area contributed by atoms with Crippen molar-refractivity contribution in [3.8, 4) is 11.3 Å². The van der Waals surface area contributed by atoms with Gasteiger partial charge in [0.05, 0.1) is 10.6 Å². The molecule has 1 amide bonds. The molecule has 0 aliphatic carbocycles. The number of benzene rings is 1. The van der Waals surface area contributed by atoms with E-state index in [2.05, 4.69) is 14.9 Å². The van der Waals surface area contributed by atoms with Gasteiger partial charge in [-0.15, -0.1) is 0 Å². The van der Waals surface area contributed by atoms with Gasteiger partial charge in [-0.1, -0.05) is 18.2 Å². The molecular weight excluding hydrogens is 462 g/mol. The first-order valence-corrected chi connectivity index (χ1v) is 13.4. The number of hydrogen-bond acceptors (Lipinski definition) is 6. The van der Waals surface area contributed by atoms with Gasteiger partial charge in [0.25, 0.3) is 0 Å². The first kappa shape index (κ1) is 23.4. The Bertz CT molecular complexity index is 1240. The van der Waals surface area contributed by atoms with Crippen LogP contribution in [0.5, 0.6) is 0 Å². The summed E-state index contributed by atoms with van der Waals surface area (Å²) in [5, 5.41) is 0. The fourth-order valence-corrected chi connectivity index (χ4v) is 6.25. The third-order valence-corrected chi connectivity index (χ3v) is 8.79. The molecule has 1 aromatic carbocycles. The van der Waals surface area contributed by atoms with E-state index in [1.165, 1.54) is 4.31 Å². The molecule has 2 fully saturated rings. The van der Waals surface area contributed by atoms with Crippen LogP contribution in [0.1, 0.15) is 12.8 Å². The molecule has 0 atom stereocenters. The van der Waals surface area contributed by atoms with E-state index < -0.39 is 10.0 Å². The molecule has 5 rings (SSSR count). The maximum absolute atomic E-state index is 13.2. The fourth-order valence-electron chi connectivity index (χ4n) is 4.83. The molecule has 0 spiro atoms. The van der Waals surface area contributed by atoms with E-state index in [1.54, 1.807) is 42.9 Å². The molecule has 0 unspecified atom stereocenters. The number of sulfonamides is 1. The Morgan fingerprint density at radius 3 is 2.11 bits per heavy atom. The van der Waals surface area contributed by atoms with E-state index in [4.69, 9.17) is 0 Å². The highest BCUT2D eigenvalue weighted by Gasteiger charge is 2.34.